The van der Waals surface area contributed by atoms with E-state index in [0.29, 0.717) is 0 Å². The van der Waals surface area contributed by atoms with Gasteiger partial charge in [0.05, 0.1) is 27.7 Å². The van der Waals surface area contributed by atoms with E-state index in [0.717, 1.165) is 4.48 Å². The van der Waals surface area contributed by atoms with E-state index < -0.39 is 18.4 Å². The zero-order valence-electron chi connectivity index (χ0n) is 18.5. The molecule has 5 nitrogen and oxygen atoms in total. The molecule has 0 bridgehead atoms. The molecule has 0 fully saturated rings. The number of aliphatic carboxylic acids is 2. The minimum absolute atomic E-state index is 0.806. The lowest BCUT2D eigenvalue weighted by atomic mass is 10.0. The third-order valence-electron chi connectivity index (χ3n) is 4.48. The fraction of sp³-hybridized carbons (Fsp3) is 0.909. The third-order valence-corrected chi connectivity index (χ3v) is 4.48. The quantitative estimate of drug-likeness (QED) is 0.190. The fourth-order valence-corrected chi connectivity index (χ4v) is 2.91. The largest absolute Gasteiger partial charge is 0.481 e. The van der Waals surface area contributed by atoms with Crippen molar-refractivity contribution in [3.05, 3.63) is 0 Å². The number of carboxylic acids is 2. The minimum atomic E-state index is -1.31. The summed E-state index contributed by atoms with van der Waals surface area (Å²) in [5.41, 5.74) is 0. The van der Waals surface area contributed by atoms with Crippen LogP contribution >= 0.6 is 0 Å². The highest BCUT2D eigenvalue weighted by molar-refractivity contribution is 5.88. The summed E-state index contributed by atoms with van der Waals surface area (Å²) in [6.07, 6.45) is 19.6. The van der Waals surface area contributed by atoms with Crippen molar-refractivity contribution < 1.29 is 24.3 Å². The van der Waals surface area contributed by atoms with Crippen LogP contribution in [0.4, 0.5) is 0 Å². The molecule has 0 aliphatic carbocycles. The van der Waals surface area contributed by atoms with Crippen LogP contribution in [0.5, 0.6) is 0 Å². The molecular weight excluding hydrogens is 342 g/mol. The maximum absolute atomic E-state index is 9.43. The van der Waals surface area contributed by atoms with Gasteiger partial charge < -0.3 is 14.7 Å². The molecule has 0 atom stereocenters. The maximum Gasteiger partial charge on any atom is 0.314 e. The molecule has 0 amide bonds. The number of carboxylic acid groups (broad SMARTS) is 2. The van der Waals surface area contributed by atoms with E-state index in [1.165, 1.54) is 96.4 Å². The Balaban J connectivity index is 0. The highest BCUT2D eigenvalue weighted by Crippen LogP contribution is 2.13. The van der Waals surface area contributed by atoms with Gasteiger partial charge in [0.1, 0.15) is 6.42 Å². The van der Waals surface area contributed by atoms with Gasteiger partial charge >= 0.3 is 11.9 Å². The number of rotatable bonds is 17. The van der Waals surface area contributed by atoms with E-state index in [4.69, 9.17) is 10.2 Å². The molecule has 0 saturated carbocycles. The Hall–Kier alpha value is -1.10. The van der Waals surface area contributed by atoms with Crippen LogP contribution in [0.1, 0.15) is 103 Å². The van der Waals surface area contributed by atoms with E-state index in [9.17, 15) is 9.59 Å². The zero-order valence-corrected chi connectivity index (χ0v) is 18.5. The number of carbonyl (C=O) groups is 2. The van der Waals surface area contributed by atoms with E-state index in [2.05, 4.69) is 28.1 Å². The first kappa shape index (κ1) is 28.1. The van der Waals surface area contributed by atoms with Crippen molar-refractivity contribution in [2.45, 2.75) is 103 Å². The SMILES string of the molecule is CCCCCCCCCCCCCCCC[N+](C)(C)C.O=C(O)CC(=O)O. The number of hydrogen-bond donors (Lipinski definition) is 2. The van der Waals surface area contributed by atoms with Crippen molar-refractivity contribution in [3.63, 3.8) is 0 Å². The average molecular weight is 389 g/mol. The van der Waals surface area contributed by atoms with Crippen molar-refractivity contribution in [1.82, 2.24) is 0 Å². The van der Waals surface area contributed by atoms with Crippen molar-refractivity contribution in [3.8, 4) is 0 Å². The highest BCUT2D eigenvalue weighted by Gasteiger charge is 2.05. The second-order valence-electron chi connectivity index (χ2n) is 8.57. The van der Waals surface area contributed by atoms with E-state index in [-0.39, 0.29) is 0 Å². The molecule has 0 aliphatic heterocycles. The standard InChI is InChI=1S/C19H42N.C3H4O4/c1-5-6-7-8-9-10-11-12-13-14-15-16-17-18-19-20(2,3)4;4-2(5)1-3(6)7/h5-19H2,1-4H3;1H2,(H,4,5)(H,6,7)/q+1;. The third kappa shape index (κ3) is 33.0. The topological polar surface area (TPSA) is 74.6 Å². The summed E-state index contributed by atoms with van der Waals surface area (Å²) in [6, 6.07) is 0. The molecule has 0 aromatic rings. The summed E-state index contributed by atoms with van der Waals surface area (Å²) in [4.78, 5) is 18.9. The molecule has 0 aliphatic rings. The van der Waals surface area contributed by atoms with Crippen LogP contribution in [-0.2, 0) is 9.59 Å². The highest BCUT2D eigenvalue weighted by atomic mass is 16.4. The maximum atomic E-state index is 9.43. The first-order chi connectivity index (χ1) is 12.7. The Bertz CT molecular complexity index is 339. The summed E-state index contributed by atoms with van der Waals surface area (Å²) < 4.78 is 1.12. The summed E-state index contributed by atoms with van der Waals surface area (Å²) >= 11 is 0. The molecule has 0 spiro atoms. The van der Waals surface area contributed by atoms with Gasteiger partial charge in [-0.3, -0.25) is 9.59 Å². The predicted molar refractivity (Wildman–Crippen MR) is 113 cm³/mol. The van der Waals surface area contributed by atoms with Gasteiger partial charge in [0.15, 0.2) is 0 Å². The summed E-state index contributed by atoms with van der Waals surface area (Å²) in [7, 11) is 6.88. The average Bonchev–Trinajstić information content (AvgIpc) is 2.53. The summed E-state index contributed by atoms with van der Waals surface area (Å²) in [5, 5.41) is 15.4. The normalized spacial score (nSPS) is 11.0. The van der Waals surface area contributed by atoms with Crippen LogP contribution in [0.15, 0.2) is 0 Å². The van der Waals surface area contributed by atoms with Gasteiger partial charge in [0.25, 0.3) is 0 Å². The molecule has 162 valence electrons. The second kappa shape index (κ2) is 19.7. The molecule has 0 radical (unpaired) electrons. The van der Waals surface area contributed by atoms with Gasteiger partial charge in [-0.15, -0.1) is 0 Å². The lowest BCUT2D eigenvalue weighted by Gasteiger charge is -2.23. The number of quaternary nitrogens is 1. The predicted octanol–water partition coefficient (Wildman–Crippen LogP) is 5.72. The first-order valence-corrected chi connectivity index (χ1v) is 10.9. The van der Waals surface area contributed by atoms with Crippen LogP contribution in [-0.4, -0.2) is 54.3 Å². The Labute approximate surface area is 167 Å². The number of unbranched alkanes of at least 4 members (excludes halogenated alkanes) is 13. The van der Waals surface area contributed by atoms with Crippen LogP contribution in [0.3, 0.4) is 0 Å². The van der Waals surface area contributed by atoms with Crippen LogP contribution in [0.2, 0.25) is 0 Å². The van der Waals surface area contributed by atoms with Gasteiger partial charge in [-0.2, -0.15) is 0 Å². The number of hydrogen-bond acceptors (Lipinski definition) is 2. The molecule has 5 heteroatoms. The molecule has 0 aromatic carbocycles. The van der Waals surface area contributed by atoms with Crippen LogP contribution in [0, 0.1) is 0 Å². The smallest absolute Gasteiger partial charge is 0.314 e. The molecule has 2 N–H and O–H groups in total. The van der Waals surface area contributed by atoms with E-state index in [1.54, 1.807) is 0 Å². The van der Waals surface area contributed by atoms with Crippen molar-refractivity contribution in [1.29, 1.82) is 0 Å². The molecule has 0 aromatic heterocycles. The van der Waals surface area contributed by atoms with Crippen LogP contribution < -0.4 is 0 Å². The van der Waals surface area contributed by atoms with Gasteiger partial charge in [0.2, 0.25) is 0 Å². The minimum Gasteiger partial charge on any atom is -0.481 e. The number of nitrogens with zero attached hydrogens (tertiary/aromatic N) is 1. The molecule has 27 heavy (non-hydrogen) atoms. The van der Waals surface area contributed by atoms with Crippen molar-refractivity contribution in [2.75, 3.05) is 27.7 Å². The molecular formula is C22H46NO4+. The first-order valence-electron chi connectivity index (χ1n) is 10.9. The second-order valence-corrected chi connectivity index (χ2v) is 8.57. The lowest BCUT2D eigenvalue weighted by molar-refractivity contribution is -0.870. The molecule has 0 unspecified atom stereocenters. The Morgan fingerprint density at radius 2 is 0.889 bits per heavy atom. The lowest BCUT2D eigenvalue weighted by Crippen LogP contribution is -2.35. The Morgan fingerprint density at radius 3 is 1.11 bits per heavy atom. The summed E-state index contributed by atoms with van der Waals surface area (Å²) in [5.74, 6) is -2.62. The van der Waals surface area contributed by atoms with Gasteiger partial charge in [-0.1, -0.05) is 84.0 Å². The molecule has 0 heterocycles. The van der Waals surface area contributed by atoms with E-state index >= 15 is 0 Å². The Morgan fingerprint density at radius 1 is 0.593 bits per heavy atom. The van der Waals surface area contributed by atoms with Gasteiger partial charge in [-0.25, -0.2) is 0 Å². The monoisotopic (exact) mass is 388 g/mol. The molecule has 0 rings (SSSR count). The molecule has 0 saturated heterocycles. The Kier molecular flexibility index (Phi) is 20.5. The van der Waals surface area contributed by atoms with E-state index in [1.807, 2.05) is 0 Å². The van der Waals surface area contributed by atoms with Crippen molar-refractivity contribution >= 4 is 11.9 Å². The van der Waals surface area contributed by atoms with Gasteiger partial charge in [0, 0.05) is 0 Å². The zero-order chi connectivity index (χ0) is 21.0. The van der Waals surface area contributed by atoms with Gasteiger partial charge in [-0.05, 0) is 12.8 Å². The summed E-state index contributed by atoms with van der Waals surface area (Å²) in [6.45, 7) is 3.63. The van der Waals surface area contributed by atoms with Crippen LogP contribution in [0.25, 0.3) is 0 Å². The van der Waals surface area contributed by atoms with Crippen molar-refractivity contribution in [2.24, 2.45) is 0 Å². The fourth-order valence-electron chi connectivity index (χ4n) is 2.91.